The predicted molar refractivity (Wildman–Crippen MR) is 73.7 cm³/mol. The van der Waals surface area contributed by atoms with Crippen LogP contribution in [0.3, 0.4) is 0 Å². The van der Waals surface area contributed by atoms with E-state index in [1.807, 2.05) is 24.1 Å². The number of rotatable bonds is 7. The highest BCUT2D eigenvalue weighted by Crippen LogP contribution is 2.15. The van der Waals surface area contributed by atoms with Gasteiger partial charge in [-0.1, -0.05) is 19.1 Å². The Labute approximate surface area is 113 Å². The zero-order valence-corrected chi connectivity index (χ0v) is 11.9. The fraction of sp³-hybridized carbons (Fsp3) is 0.615. The van der Waals surface area contributed by atoms with Crippen LogP contribution in [-0.2, 0) is 13.6 Å². The van der Waals surface area contributed by atoms with Crippen molar-refractivity contribution in [3.8, 4) is 0 Å². The molecule has 6 nitrogen and oxygen atoms in total. The SMILES string of the molecule is CCCNC(CC)c1cnn(Cc2cn(C)nn2)c1. The first kappa shape index (κ1) is 13.7. The smallest absolute Gasteiger partial charge is 0.104 e. The summed E-state index contributed by atoms with van der Waals surface area (Å²) >= 11 is 0. The molecule has 2 aromatic heterocycles. The monoisotopic (exact) mass is 262 g/mol. The Bertz CT molecular complexity index is 501. The third kappa shape index (κ3) is 3.64. The lowest BCUT2D eigenvalue weighted by Crippen LogP contribution is -2.21. The predicted octanol–water partition coefficient (Wildman–Crippen LogP) is 1.51. The Morgan fingerprint density at radius 2 is 2.16 bits per heavy atom. The Morgan fingerprint density at radius 3 is 2.79 bits per heavy atom. The van der Waals surface area contributed by atoms with Crippen LogP contribution in [0, 0.1) is 0 Å². The summed E-state index contributed by atoms with van der Waals surface area (Å²) in [4.78, 5) is 0. The quantitative estimate of drug-likeness (QED) is 0.821. The topological polar surface area (TPSA) is 60.6 Å². The maximum atomic E-state index is 4.40. The largest absolute Gasteiger partial charge is 0.310 e. The molecule has 1 unspecified atom stereocenters. The van der Waals surface area contributed by atoms with E-state index < -0.39 is 0 Å². The lowest BCUT2D eigenvalue weighted by atomic mass is 10.1. The maximum Gasteiger partial charge on any atom is 0.104 e. The molecule has 104 valence electrons. The highest BCUT2D eigenvalue weighted by atomic mass is 15.4. The van der Waals surface area contributed by atoms with Crippen LogP contribution in [0.2, 0.25) is 0 Å². The molecule has 1 atom stereocenters. The third-order valence-electron chi connectivity index (χ3n) is 3.08. The van der Waals surface area contributed by atoms with E-state index in [0.717, 1.165) is 25.1 Å². The minimum atomic E-state index is 0.385. The number of nitrogens with zero attached hydrogens (tertiary/aromatic N) is 5. The summed E-state index contributed by atoms with van der Waals surface area (Å²) < 4.78 is 3.62. The summed E-state index contributed by atoms with van der Waals surface area (Å²) in [6.07, 6.45) is 8.15. The van der Waals surface area contributed by atoms with Gasteiger partial charge in [-0.2, -0.15) is 5.10 Å². The van der Waals surface area contributed by atoms with Crippen LogP contribution in [0.5, 0.6) is 0 Å². The van der Waals surface area contributed by atoms with Crippen molar-refractivity contribution in [2.24, 2.45) is 7.05 Å². The van der Waals surface area contributed by atoms with Crippen LogP contribution in [0.15, 0.2) is 18.6 Å². The van der Waals surface area contributed by atoms with Crippen LogP contribution < -0.4 is 5.32 Å². The Balaban J connectivity index is 2.01. The molecule has 0 aliphatic rings. The van der Waals surface area contributed by atoms with Gasteiger partial charge in [0, 0.05) is 31.0 Å². The maximum absolute atomic E-state index is 4.40. The molecule has 0 saturated heterocycles. The van der Waals surface area contributed by atoms with Gasteiger partial charge in [0.05, 0.1) is 12.7 Å². The minimum absolute atomic E-state index is 0.385. The second-order valence-electron chi connectivity index (χ2n) is 4.77. The molecule has 19 heavy (non-hydrogen) atoms. The Kier molecular flexibility index (Phi) is 4.68. The lowest BCUT2D eigenvalue weighted by molar-refractivity contribution is 0.517. The van der Waals surface area contributed by atoms with E-state index in [0.29, 0.717) is 12.6 Å². The number of hydrogen-bond acceptors (Lipinski definition) is 4. The molecule has 6 heteroatoms. The van der Waals surface area contributed by atoms with Gasteiger partial charge in [-0.25, -0.2) is 0 Å². The van der Waals surface area contributed by atoms with Gasteiger partial charge in [-0.05, 0) is 19.4 Å². The zero-order chi connectivity index (χ0) is 13.7. The minimum Gasteiger partial charge on any atom is -0.310 e. The second-order valence-corrected chi connectivity index (χ2v) is 4.77. The van der Waals surface area contributed by atoms with Crippen molar-refractivity contribution < 1.29 is 0 Å². The highest BCUT2D eigenvalue weighted by Gasteiger charge is 2.11. The van der Waals surface area contributed by atoms with E-state index in [1.54, 1.807) is 4.68 Å². The van der Waals surface area contributed by atoms with Crippen LogP contribution in [-0.4, -0.2) is 31.3 Å². The number of aryl methyl sites for hydroxylation is 1. The highest BCUT2D eigenvalue weighted by molar-refractivity contribution is 5.11. The summed E-state index contributed by atoms with van der Waals surface area (Å²) in [5, 5.41) is 15.9. The lowest BCUT2D eigenvalue weighted by Gasteiger charge is -2.14. The first-order valence-electron chi connectivity index (χ1n) is 6.83. The van der Waals surface area contributed by atoms with Gasteiger partial charge in [0.15, 0.2) is 0 Å². The molecule has 0 spiro atoms. The van der Waals surface area contributed by atoms with Gasteiger partial charge in [-0.15, -0.1) is 5.10 Å². The first-order valence-corrected chi connectivity index (χ1v) is 6.83. The number of aromatic nitrogens is 5. The standard InChI is InChI=1S/C13H22N6/c1-4-6-14-13(5-2)11-7-15-19(8-11)10-12-9-18(3)17-16-12/h7-9,13-14H,4-6,10H2,1-3H3. The molecule has 1 N–H and O–H groups in total. The van der Waals surface area contributed by atoms with Gasteiger partial charge in [0.1, 0.15) is 5.69 Å². The zero-order valence-electron chi connectivity index (χ0n) is 11.9. The van der Waals surface area contributed by atoms with Crippen LogP contribution in [0.1, 0.15) is 44.0 Å². The van der Waals surface area contributed by atoms with Gasteiger partial charge in [0.2, 0.25) is 0 Å². The third-order valence-corrected chi connectivity index (χ3v) is 3.08. The first-order chi connectivity index (χ1) is 9.22. The van der Waals surface area contributed by atoms with Gasteiger partial charge in [-0.3, -0.25) is 9.36 Å². The average molecular weight is 262 g/mol. The number of hydrogen-bond donors (Lipinski definition) is 1. The molecule has 0 aromatic carbocycles. The summed E-state index contributed by atoms with van der Waals surface area (Å²) in [5.41, 5.74) is 2.16. The van der Waals surface area contributed by atoms with Crippen molar-refractivity contribution in [2.45, 2.75) is 39.3 Å². The summed E-state index contributed by atoms with van der Waals surface area (Å²) in [7, 11) is 1.87. The van der Waals surface area contributed by atoms with Crippen molar-refractivity contribution >= 4 is 0 Å². The van der Waals surface area contributed by atoms with Crippen molar-refractivity contribution in [3.63, 3.8) is 0 Å². The van der Waals surface area contributed by atoms with Crippen molar-refractivity contribution in [1.82, 2.24) is 30.1 Å². The Hall–Kier alpha value is -1.69. The van der Waals surface area contributed by atoms with Crippen LogP contribution in [0.25, 0.3) is 0 Å². The van der Waals surface area contributed by atoms with E-state index in [4.69, 9.17) is 0 Å². The molecular formula is C13H22N6. The molecule has 2 aromatic rings. The second kappa shape index (κ2) is 6.47. The average Bonchev–Trinajstić information content (AvgIpc) is 3.01. The van der Waals surface area contributed by atoms with Crippen LogP contribution >= 0.6 is 0 Å². The van der Waals surface area contributed by atoms with E-state index in [1.165, 1.54) is 5.56 Å². The fourth-order valence-electron chi connectivity index (χ4n) is 2.10. The molecule has 0 saturated carbocycles. The van der Waals surface area contributed by atoms with Gasteiger partial charge in [0.25, 0.3) is 0 Å². The molecule has 2 heterocycles. The molecule has 0 aliphatic heterocycles. The Morgan fingerprint density at radius 1 is 1.32 bits per heavy atom. The number of nitrogens with one attached hydrogen (secondary N) is 1. The van der Waals surface area contributed by atoms with Gasteiger partial charge < -0.3 is 5.32 Å². The van der Waals surface area contributed by atoms with Gasteiger partial charge >= 0.3 is 0 Å². The molecule has 0 amide bonds. The molecule has 0 radical (unpaired) electrons. The molecule has 0 fully saturated rings. The molecule has 0 aliphatic carbocycles. The van der Waals surface area contributed by atoms with E-state index in [9.17, 15) is 0 Å². The van der Waals surface area contributed by atoms with Crippen molar-refractivity contribution in [2.75, 3.05) is 6.54 Å². The molecule has 2 rings (SSSR count). The van der Waals surface area contributed by atoms with E-state index in [2.05, 4.69) is 40.8 Å². The van der Waals surface area contributed by atoms with Crippen molar-refractivity contribution in [3.05, 3.63) is 29.8 Å². The molecule has 0 bridgehead atoms. The van der Waals surface area contributed by atoms with Crippen LogP contribution in [0.4, 0.5) is 0 Å². The molecular weight excluding hydrogens is 240 g/mol. The normalized spacial score (nSPS) is 12.8. The van der Waals surface area contributed by atoms with E-state index in [-0.39, 0.29) is 0 Å². The van der Waals surface area contributed by atoms with E-state index >= 15 is 0 Å². The fourth-order valence-corrected chi connectivity index (χ4v) is 2.10. The summed E-state index contributed by atoms with van der Waals surface area (Å²) in [5.74, 6) is 0. The summed E-state index contributed by atoms with van der Waals surface area (Å²) in [6.45, 7) is 6.07. The van der Waals surface area contributed by atoms with Crippen molar-refractivity contribution in [1.29, 1.82) is 0 Å². The summed E-state index contributed by atoms with van der Waals surface area (Å²) in [6, 6.07) is 0.385.